The second-order valence-electron chi connectivity index (χ2n) is 5.29. The molecule has 19 heavy (non-hydrogen) atoms. The van der Waals surface area contributed by atoms with Gasteiger partial charge in [0, 0.05) is 17.7 Å². The van der Waals surface area contributed by atoms with Crippen molar-refractivity contribution < 1.29 is 8.78 Å². The summed E-state index contributed by atoms with van der Waals surface area (Å²) >= 11 is 7.13. The number of halogens is 4. The SMILES string of the molecule is CC(C)(C)c1cn2c(CI)nc(C(F)(F)Cl)cc2n1. The molecule has 0 saturated carbocycles. The molecular weight excluding hydrogens is 387 g/mol. The first kappa shape index (κ1) is 14.9. The van der Waals surface area contributed by atoms with Crippen LogP contribution in [0.15, 0.2) is 12.3 Å². The van der Waals surface area contributed by atoms with Gasteiger partial charge in [0.15, 0.2) is 0 Å². The number of hydrogen-bond donors (Lipinski definition) is 0. The Morgan fingerprint density at radius 3 is 2.37 bits per heavy atom. The minimum Gasteiger partial charge on any atom is -0.287 e. The van der Waals surface area contributed by atoms with Gasteiger partial charge in [0.05, 0.1) is 10.1 Å². The molecule has 0 bridgehead atoms. The van der Waals surface area contributed by atoms with Gasteiger partial charge in [-0.15, -0.1) is 0 Å². The van der Waals surface area contributed by atoms with Crippen LogP contribution in [0.2, 0.25) is 0 Å². The Kier molecular flexibility index (Phi) is 3.77. The lowest BCUT2D eigenvalue weighted by atomic mass is 9.93. The summed E-state index contributed by atoms with van der Waals surface area (Å²) in [7, 11) is 0. The van der Waals surface area contributed by atoms with Gasteiger partial charge in [-0.2, -0.15) is 8.78 Å². The maximum Gasteiger partial charge on any atom is 0.364 e. The van der Waals surface area contributed by atoms with Crippen LogP contribution in [0, 0.1) is 0 Å². The Balaban J connectivity index is 2.70. The van der Waals surface area contributed by atoms with Crippen molar-refractivity contribution in [1.29, 1.82) is 0 Å². The molecule has 2 heterocycles. The van der Waals surface area contributed by atoms with E-state index in [1.165, 1.54) is 6.07 Å². The van der Waals surface area contributed by atoms with Crippen molar-refractivity contribution in [2.75, 3.05) is 0 Å². The fourth-order valence-corrected chi connectivity index (χ4v) is 2.29. The fraction of sp³-hybridized carbons (Fsp3) is 0.500. The molecule has 0 amide bonds. The van der Waals surface area contributed by atoms with Crippen LogP contribution in [0.25, 0.3) is 5.65 Å². The molecule has 2 rings (SSSR count). The summed E-state index contributed by atoms with van der Waals surface area (Å²) in [5, 5.41) is -3.48. The van der Waals surface area contributed by atoms with E-state index in [1.807, 2.05) is 27.0 Å². The van der Waals surface area contributed by atoms with Crippen LogP contribution in [0.1, 0.15) is 38.0 Å². The van der Waals surface area contributed by atoms with Gasteiger partial charge in [-0.25, -0.2) is 9.97 Å². The third-order valence-corrected chi connectivity index (χ3v) is 3.58. The standard InChI is InChI=1S/C12H13ClF2IN3/c1-11(2,3)8-6-19-9(18-8)4-7(12(13,14)15)17-10(19)5-16/h4,6H,5H2,1-3H3. The molecule has 2 aromatic rings. The normalized spacial score (nSPS) is 13.2. The molecule has 2 aromatic heterocycles. The van der Waals surface area contributed by atoms with Crippen LogP contribution >= 0.6 is 34.2 Å². The lowest BCUT2D eigenvalue weighted by Gasteiger charge is -2.13. The third-order valence-electron chi connectivity index (χ3n) is 2.70. The van der Waals surface area contributed by atoms with Crippen molar-refractivity contribution >= 4 is 39.8 Å². The topological polar surface area (TPSA) is 30.2 Å². The number of hydrogen-bond acceptors (Lipinski definition) is 2. The van der Waals surface area contributed by atoms with Gasteiger partial charge in [-0.05, 0) is 11.6 Å². The van der Waals surface area contributed by atoms with Gasteiger partial charge in [0.1, 0.15) is 17.2 Å². The summed E-state index contributed by atoms with van der Waals surface area (Å²) in [4.78, 5) is 8.31. The number of fused-ring (bicyclic) bond motifs is 1. The van der Waals surface area contributed by atoms with Crippen molar-refractivity contribution in [2.24, 2.45) is 0 Å². The molecule has 3 nitrogen and oxygen atoms in total. The molecule has 0 aliphatic rings. The van der Waals surface area contributed by atoms with Crippen molar-refractivity contribution in [3.8, 4) is 0 Å². The van der Waals surface area contributed by atoms with Crippen molar-refractivity contribution in [3.05, 3.63) is 29.5 Å². The zero-order valence-corrected chi connectivity index (χ0v) is 13.6. The molecule has 104 valence electrons. The highest BCUT2D eigenvalue weighted by atomic mass is 127. The summed E-state index contributed by atoms with van der Waals surface area (Å²) in [6.07, 6.45) is 1.84. The Labute approximate surface area is 128 Å². The smallest absolute Gasteiger partial charge is 0.287 e. The maximum atomic E-state index is 13.2. The van der Waals surface area contributed by atoms with Gasteiger partial charge < -0.3 is 0 Å². The van der Waals surface area contributed by atoms with Gasteiger partial charge in [-0.1, -0.05) is 43.4 Å². The molecule has 0 aromatic carbocycles. The second-order valence-corrected chi connectivity index (χ2v) is 6.53. The highest BCUT2D eigenvalue weighted by Crippen LogP contribution is 2.32. The van der Waals surface area contributed by atoms with Crippen LogP contribution in [0.3, 0.4) is 0 Å². The summed E-state index contributed by atoms with van der Waals surface area (Å²) in [6, 6.07) is 1.23. The molecule has 0 saturated heterocycles. The zero-order valence-electron chi connectivity index (χ0n) is 10.7. The molecular formula is C12H13ClF2IN3. The van der Waals surface area contributed by atoms with Crippen molar-refractivity contribution in [3.63, 3.8) is 0 Å². The van der Waals surface area contributed by atoms with E-state index in [-0.39, 0.29) is 5.41 Å². The van der Waals surface area contributed by atoms with Gasteiger partial charge in [-0.3, -0.25) is 4.40 Å². The predicted octanol–water partition coefficient (Wildman–Crippen LogP) is 4.25. The molecule has 0 aliphatic carbocycles. The lowest BCUT2D eigenvalue weighted by molar-refractivity contribution is 0.0897. The number of aromatic nitrogens is 3. The first-order valence-electron chi connectivity index (χ1n) is 5.65. The van der Waals surface area contributed by atoms with Crippen molar-refractivity contribution in [2.45, 2.75) is 36.0 Å². The molecule has 0 N–H and O–H groups in total. The lowest BCUT2D eigenvalue weighted by Crippen LogP contribution is -2.11. The maximum absolute atomic E-state index is 13.2. The van der Waals surface area contributed by atoms with Gasteiger partial charge in [0.2, 0.25) is 0 Å². The quantitative estimate of drug-likeness (QED) is 0.558. The minimum absolute atomic E-state index is 0.155. The summed E-state index contributed by atoms with van der Waals surface area (Å²) in [5.41, 5.74) is 0.662. The average molecular weight is 400 g/mol. The summed E-state index contributed by atoms with van der Waals surface area (Å²) in [5.74, 6) is 0.511. The van der Waals surface area contributed by atoms with Crippen LogP contribution in [-0.2, 0) is 15.2 Å². The summed E-state index contributed by atoms with van der Waals surface area (Å²) < 4.78 is 28.6. The van der Waals surface area contributed by atoms with Gasteiger partial charge in [0.25, 0.3) is 0 Å². The third kappa shape index (κ3) is 2.99. The van der Waals surface area contributed by atoms with E-state index in [2.05, 4.69) is 32.6 Å². The molecule has 0 radical (unpaired) electrons. The Hall–Kier alpha value is -0.500. The number of nitrogens with zero attached hydrogens (tertiary/aromatic N) is 3. The van der Waals surface area contributed by atoms with E-state index in [1.54, 1.807) is 4.40 Å². The Morgan fingerprint density at radius 2 is 1.89 bits per heavy atom. The first-order valence-corrected chi connectivity index (χ1v) is 7.56. The zero-order chi connectivity index (χ0) is 14.4. The van der Waals surface area contributed by atoms with E-state index in [0.717, 1.165) is 5.69 Å². The van der Waals surface area contributed by atoms with Crippen LogP contribution in [0.5, 0.6) is 0 Å². The van der Waals surface area contributed by atoms with Crippen LogP contribution < -0.4 is 0 Å². The molecule has 0 atom stereocenters. The fourth-order valence-electron chi connectivity index (χ4n) is 1.65. The number of imidazole rings is 1. The highest BCUT2D eigenvalue weighted by Gasteiger charge is 2.31. The predicted molar refractivity (Wildman–Crippen MR) is 79.2 cm³/mol. The number of alkyl halides is 4. The van der Waals surface area contributed by atoms with Crippen LogP contribution in [0.4, 0.5) is 8.78 Å². The van der Waals surface area contributed by atoms with E-state index in [4.69, 9.17) is 11.6 Å². The van der Waals surface area contributed by atoms with E-state index in [0.29, 0.717) is 15.9 Å². The minimum atomic E-state index is -3.48. The number of rotatable bonds is 2. The molecule has 0 aliphatic heterocycles. The molecule has 0 spiro atoms. The molecule has 7 heteroatoms. The monoisotopic (exact) mass is 399 g/mol. The highest BCUT2D eigenvalue weighted by molar-refractivity contribution is 14.1. The Morgan fingerprint density at radius 1 is 1.26 bits per heavy atom. The first-order chi connectivity index (χ1) is 8.63. The van der Waals surface area contributed by atoms with E-state index < -0.39 is 11.1 Å². The average Bonchev–Trinajstić information content (AvgIpc) is 2.69. The van der Waals surface area contributed by atoms with Gasteiger partial charge >= 0.3 is 5.38 Å². The molecule has 0 unspecified atom stereocenters. The van der Waals surface area contributed by atoms with E-state index >= 15 is 0 Å². The summed E-state index contributed by atoms with van der Waals surface area (Å²) in [6.45, 7) is 6.05. The molecule has 0 fully saturated rings. The van der Waals surface area contributed by atoms with Crippen LogP contribution in [-0.4, -0.2) is 14.4 Å². The van der Waals surface area contributed by atoms with Crippen molar-refractivity contribution in [1.82, 2.24) is 14.4 Å². The Bertz CT molecular complexity index is 614. The largest absolute Gasteiger partial charge is 0.364 e. The second kappa shape index (κ2) is 4.80. The van der Waals surface area contributed by atoms with E-state index in [9.17, 15) is 8.78 Å².